The summed E-state index contributed by atoms with van der Waals surface area (Å²) in [5.41, 5.74) is 6.35. The maximum absolute atomic E-state index is 14.1. The molecule has 4 rings (SSSR count). The van der Waals surface area contributed by atoms with E-state index in [0.717, 1.165) is 0 Å². The number of methoxy groups -OCH3 is 1. The van der Waals surface area contributed by atoms with Crippen LogP contribution in [0, 0.1) is 5.82 Å². The van der Waals surface area contributed by atoms with Gasteiger partial charge in [0.1, 0.15) is 12.4 Å². The van der Waals surface area contributed by atoms with E-state index in [1.54, 1.807) is 37.4 Å². The molecule has 1 fully saturated rings. The predicted octanol–water partition coefficient (Wildman–Crippen LogP) is 2.25. The zero-order valence-electron chi connectivity index (χ0n) is 19.0. The molecular formula is C24H25ClFN5O4. The standard InChI is InChI=1S/C24H25ClFN5O4/c1-35-16-9-15(10-16)30(12-20(32)28-11-14-5-4-7-18(25)22(14)26)21(33)13-31-19-8-3-2-6-17(19)23(29-31)24(27)34/h2-8,15-16H,9-13H2,1H3,(H2,27,34)(H,28,32)/t15-,16-. The molecule has 1 aromatic heterocycles. The van der Waals surface area contributed by atoms with E-state index in [1.807, 2.05) is 0 Å². The minimum atomic E-state index is -0.696. The number of primary amides is 1. The zero-order chi connectivity index (χ0) is 25.1. The number of halogens is 2. The number of benzene rings is 2. The van der Waals surface area contributed by atoms with Crippen LogP contribution in [0.5, 0.6) is 0 Å². The van der Waals surface area contributed by atoms with Gasteiger partial charge in [-0.1, -0.05) is 41.9 Å². The molecule has 9 nitrogen and oxygen atoms in total. The van der Waals surface area contributed by atoms with Gasteiger partial charge in [-0.05, 0) is 25.0 Å². The Bertz CT molecular complexity index is 1270. The number of rotatable bonds is 9. The molecular weight excluding hydrogens is 477 g/mol. The van der Waals surface area contributed by atoms with Crippen LogP contribution in [0.15, 0.2) is 42.5 Å². The number of nitrogens with two attached hydrogens (primary N) is 1. The van der Waals surface area contributed by atoms with Crippen molar-refractivity contribution in [2.75, 3.05) is 13.7 Å². The Kier molecular flexibility index (Phi) is 7.32. The van der Waals surface area contributed by atoms with E-state index in [2.05, 4.69) is 10.4 Å². The summed E-state index contributed by atoms with van der Waals surface area (Å²) in [6.45, 7) is -0.466. The van der Waals surface area contributed by atoms with Crippen molar-refractivity contribution in [3.8, 4) is 0 Å². The van der Waals surface area contributed by atoms with Crippen LogP contribution in [0.3, 0.4) is 0 Å². The molecule has 3 amide bonds. The van der Waals surface area contributed by atoms with E-state index in [4.69, 9.17) is 22.1 Å². The van der Waals surface area contributed by atoms with Crippen LogP contribution in [0.4, 0.5) is 4.39 Å². The SMILES string of the molecule is CO[C@H]1C[C@H](N(CC(=O)NCc2cccc(Cl)c2F)C(=O)Cn2nc(C(N)=O)c3ccccc32)C1. The fraction of sp³-hybridized carbons (Fsp3) is 0.333. The largest absolute Gasteiger partial charge is 0.381 e. The second-order valence-corrected chi connectivity index (χ2v) is 8.79. The second-order valence-electron chi connectivity index (χ2n) is 8.38. The molecule has 0 saturated heterocycles. The molecule has 1 saturated carbocycles. The zero-order valence-corrected chi connectivity index (χ0v) is 19.8. The van der Waals surface area contributed by atoms with Gasteiger partial charge in [0.05, 0.1) is 23.2 Å². The molecule has 35 heavy (non-hydrogen) atoms. The Hall–Kier alpha value is -3.50. The molecule has 1 heterocycles. The Morgan fingerprint density at radius 1 is 1.23 bits per heavy atom. The van der Waals surface area contributed by atoms with E-state index >= 15 is 0 Å². The number of ether oxygens (including phenoxy) is 1. The van der Waals surface area contributed by atoms with Crippen LogP contribution in [0.1, 0.15) is 28.9 Å². The van der Waals surface area contributed by atoms with Crippen molar-refractivity contribution in [1.29, 1.82) is 0 Å². The van der Waals surface area contributed by atoms with Crippen LogP contribution in [0.25, 0.3) is 10.9 Å². The van der Waals surface area contributed by atoms with Crippen LogP contribution >= 0.6 is 11.6 Å². The van der Waals surface area contributed by atoms with Crippen molar-refractivity contribution in [3.63, 3.8) is 0 Å². The lowest BCUT2D eigenvalue weighted by molar-refractivity contribution is -0.144. The first-order chi connectivity index (χ1) is 16.8. The van der Waals surface area contributed by atoms with Crippen molar-refractivity contribution in [1.82, 2.24) is 20.0 Å². The topological polar surface area (TPSA) is 120 Å². The van der Waals surface area contributed by atoms with Crippen molar-refractivity contribution >= 4 is 40.2 Å². The summed E-state index contributed by atoms with van der Waals surface area (Å²) >= 11 is 5.80. The number of carbonyl (C=O) groups is 3. The highest BCUT2D eigenvalue weighted by molar-refractivity contribution is 6.30. The predicted molar refractivity (Wildman–Crippen MR) is 127 cm³/mol. The summed E-state index contributed by atoms with van der Waals surface area (Å²) in [5, 5.41) is 7.39. The van der Waals surface area contributed by atoms with Gasteiger partial charge >= 0.3 is 0 Å². The van der Waals surface area contributed by atoms with Crippen molar-refractivity contribution in [3.05, 3.63) is 64.6 Å². The molecule has 3 aromatic rings. The van der Waals surface area contributed by atoms with E-state index in [-0.39, 0.29) is 54.0 Å². The van der Waals surface area contributed by atoms with Gasteiger partial charge in [-0.2, -0.15) is 5.10 Å². The van der Waals surface area contributed by atoms with Gasteiger partial charge in [0.15, 0.2) is 5.69 Å². The molecule has 1 aliphatic rings. The third-order valence-corrected chi connectivity index (χ3v) is 6.45. The summed E-state index contributed by atoms with van der Waals surface area (Å²) in [4.78, 5) is 39.3. The number of carbonyl (C=O) groups excluding carboxylic acids is 3. The van der Waals surface area contributed by atoms with Gasteiger partial charge in [-0.15, -0.1) is 0 Å². The Labute approximate surface area is 206 Å². The van der Waals surface area contributed by atoms with Gasteiger partial charge in [0, 0.05) is 30.6 Å². The molecule has 2 aromatic carbocycles. The van der Waals surface area contributed by atoms with Crippen molar-refractivity contribution in [2.45, 2.75) is 38.1 Å². The third kappa shape index (κ3) is 5.28. The number of fused-ring (bicyclic) bond motifs is 1. The molecule has 11 heteroatoms. The molecule has 3 N–H and O–H groups in total. The maximum Gasteiger partial charge on any atom is 0.269 e. The van der Waals surface area contributed by atoms with Crippen molar-refractivity contribution < 1.29 is 23.5 Å². The molecule has 0 radical (unpaired) electrons. The minimum Gasteiger partial charge on any atom is -0.381 e. The van der Waals surface area contributed by atoms with Gasteiger partial charge in [0.2, 0.25) is 11.8 Å². The summed E-state index contributed by atoms with van der Waals surface area (Å²) < 4.78 is 20.9. The quantitative estimate of drug-likeness (QED) is 0.466. The highest BCUT2D eigenvalue weighted by atomic mass is 35.5. The fourth-order valence-electron chi connectivity index (χ4n) is 4.14. The first-order valence-corrected chi connectivity index (χ1v) is 11.4. The maximum atomic E-state index is 14.1. The highest BCUT2D eigenvalue weighted by Crippen LogP contribution is 2.28. The first kappa shape index (κ1) is 24.6. The highest BCUT2D eigenvalue weighted by Gasteiger charge is 2.37. The number of para-hydroxylation sites is 1. The average Bonchev–Trinajstić information content (AvgIpc) is 3.17. The minimum absolute atomic E-state index is 0.00548. The summed E-state index contributed by atoms with van der Waals surface area (Å²) in [6, 6.07) is 11.3. The summed E-state index contributed by atoms with van der Waals surface area (Å²) in [6.07, 6.45) is 1.18. The van der Waals surface area contributed by atoms with E-state index in [1.165, 1.54) is 21.7 Å². The number of hydrogen-bond acceptors (Lipinski definition) is 5. The normalized spacial score (nSPS) is 17.1. The van der Waals surface area contributed by atoms with Crippen LogP contribution in [0.2, 0.25) is 5.02 Å². The number of hydrogen-bond donors (Lipinski definition) is 2. The lowest BCUT2D eigenvalue weighted by Gasteiger charge is -2.41. The van der Waals surface area contributed by atoms with E-state index < -0.39 is 17.6 Å². The Balaban J connectivity index is 1.49. The number of amides is 3. The fourth-order valence-corrected chi connectivity index (χ4v) is 4.34. The number of nitrogens with one attached hydrogen (secondary N) is 1. The number of nitrogens with zero attached hydrogens (tertiary/aromatic N) is 3. The van der Waals surface area contributed by atoms with Crippen LogP contribution in [-0.2, 0) is 27.4 Å². The third-order valence-electron chi connectivity index (χ3n) is 6.16. The molecule has 1 aliphatic carbocycles. The smallest absolute Gasteiger partial charge is 0.269 e. The second kappa shape index (κ2) is 10.4. The molecule has 0 bridgehead atoms. The number of aromatic nitrogens is 2. The monoisotopic (exact) mass is 501 g/mol. The van der Waals surface area contributed by atoms with E-state index in [0.29, 0.717) is 23.7 Å². The van der Waals surface area contributed by atoms with Gasteiger partial charge < -0.3 is 20.7 Å². The first-order valence-electron chi connectivity index (χ1n) is 11.1. The lowest BCUT2D eigenvalue weighted by Crippen LogP contribution is -2.54. The van der Waals surface area contributed by atoms with Gasteiger partial charge in [0.25, 0.3) is 5.91 Å². The molecule has 0 spiro atoms. The van der Waals surface area contributed by atoms with Crippen LogP contribution < -0.4 is 11.1 Å². The Morgan fingerprint density at radius 2 is 1.97 bits per heavy atom. The van der Waals surface area contributed by atoms with Crippen LogP contribution in [-0.4, -0.2) is 58.2 Å². The van der Waals surface area contributed by atoms with Gasteiger partial charge in [-0.3, -0.25) is 19.1 Å². The average molecular weight is 502 g/mol. The molecule has 0 aliphatic heterocycles. The van der Waals surface area contributed by atoms with Gasteiger partial charge in [-0.25, -0.2) is 4.39 Å². The molecule has 0 atom stereocenters. The lowest BCUT2D eigenvalue weighted by atomic mass is 9.87. The summed E-state index contributed by atoms with van der Waals surface area (Å²) in [7, 11) is 1.60. The molecule has 0 unspecified atom stereocenters. The van der Waals surface area contributed by atoms with E-state index in [9.17, 15) is 18.8 Å². The van der Waals surface area contributed by atoms with Crippen molar-refractivity contribution in [2.24, 2.45) is 5.73 Å². The summed E-state index contributed by atoms with van der Waals surface area (Å²) in [5.74, 6) is -2.08. The molecule has 184 valence electrons. The Morgan fingerprint density at radius 3 is 2.69 bits per heavy atom.